The predicted octanol–water partition coefficient (Wildman–Crippen LogP) is 2.15. The summed E-state index contributed by atoms with van der Waals surface area (Å²) in [5, 5.41) is 11.9. The second-order valence-corrected chi connectivity index (χ2v) is 5.42. The van der Waals surface area contributed by atoms with Crippen LogP contribution in [-0.2, 0) is 11.3 Å². The number of hydrogen-bond acceptors (Lipinski definition) is 4. The molecule has 0 bridgehead atoms. The molecule has 2 rings (SSSR count). The van der Waals surface area contributed by atoms with Crippen LogP contribution in [0, 0.1) is 5.92 Å². The van der Waals surface area contributed by atoms with Crippen molar-refractivity contribution < 1.29 is 4.74 Å². The molecule has 1 aromatic rings. The van der Waals surface area contributed by atoms with Crippen molar-refractivity contribution >= 4 is 0 Å². The molecule has 1 N–H and O–H groups in total. The van der Waals surface area contributed by atoms with Gasteiger partial charge in [-0.15, -0.1) is 5.10 Å². The lowest BCUT2D eigenvalue weighted by Crippen LogP contribution is -2.36. The van der Waals surface area contributed by atoms with Crippen LogP contribution in [0.4, 0.5) is 0 Å². The van der Waals surface area contributed by atoms with Crippen molar-refractivity contribution in [1.29, 1.82) is 0 Å². The molecule has 1 aromatic heterocycles. The summed E-state index contributed by atoms with van der Waals surface area (Å²) < 4.78 is 7.97. The van der Waals surface area contributed by atoms with Gasteiger partial charge in [-0.05, 0) is 31.7 Å². The predicted molar refractivity (Wildman–Crippen MR) is 74.9 cm³/mol. The average molecular weight is 266 g/mol. The summed E-state index contributed by atoms with van der Waals surface area (Å²) in [6.07, 6.45) is 5.45. The largest absolute Gasteiger partial charge is 0.376 e. The van der Waals surface area contributed by atoms with Crippen LogP contribution in [0.2, 0.25) is 0 Å². The molecule has 0 amide bonds. The van der Waals surface area contributed by atoms with E-state index in [9.17, 15) is 0 Å². The van der Waals surface area contributed by atoms with Crippen LogP contribution in [0.25, 0.3) is 0 Å². The molecule has 0 spiro atoms. The summed E-state index contributed by atoms with van der Waals surface area (Å²) in [5.41, 5.74) is 1.16. The first-order chi connectivity index (χ1) is 9.27. The number of nitrogens with one attached hydrogen (secondary N) is 1. The highest BCUT2D eigenvalue weighted by Gasteiger charge is 2.34. The first kappa shape index (κ1) is 14.5. The maximum absolute atomic E-state index is 5.95. The molecule has 3 unspecified atom stereocenters. The van der Waals surface area contributed by atoms with Crippen molar-refractivity contribution in [3.63, 3.8) is 0 Å². The number of aromatic nitrogens is 3. The Labute approximate surface area is 115 Å². The van der Waals surface area contributed by atoms with Crippen LogP contribution in [0.5, 0.6) is 0 Å². The van der Waals surface area contributed by atoms with Crippen molar-refractivity contribution in [2.45, 2.75) is 58.7 Å². The second-order valence-electron chi connectivity index (χ2n) is 5.42. The van der Waals surface area contributed by atoms with Gasteiger partial charge in [-0.1, -0.05) is 26.0 Å². The molecule has 2 heterocycles. The quantitative estimate of drug-likeness (QED) is 0.821. The monoisotopic (exact) mass is 266 g/mol. The molecule has 0 radical (unpaired) electrons. The normalized spacial score (nSPS) is 24.8. The fraction of sp³-hybridized carbons (Fsp3) is 0.857. The molecule has 1 fully saturated rings. The van der Waals surface area contributed by atoms with Gasteiger partial charge >= 0.3 is 0 Å². The van der Waals surface area contributed by atoms with Crippen LogP contribution in [-0.4, -0.2) is 34.2 Å². The van der Waals surface area contributed by atoms with Gasteiger partial charge in [-0.2, -0.15) is 0 Å². The summed E-state index contributed by atoms with van der Waals surface area (Å²) in [7, 11) is 0. The maximum Gasteiger partial charge on any atom is 0.0811 e. The van der Waals surface area contributed by atoms with Crippen LogP contribution >= 0.6 is 0 Å². The first-order valence-electron chi connectivity index (χ1n) is 7.51. The zero-order chi connectivity index (χ0) is 13.7. The molecule has 1 aliphatic rings. The van der Waals surface area contributed by atoms with Gasteiger partial charge in [0.25, 0.3) is 0 Å². The minimum absolute atomic E-state index is 0.207. The number of ether oxygens (including phenoxy) is 1. The Hall–Kier alpha value is -0.940. The number of aryl methyl sites for hydroxylation is 1. The van der Waals surface area contributed by atoms with E-state index in [1.54, 1.807) is 0 Å². The second kappa shape index (κ2) is 7.01. The van der Waals surface area contributed by atoms with Crippen molar-refractivity contribution in [1.82, 2.24) is 20.3 Å². The van der Waals surface area contributed by atoms with E-state index < -0.39 is 0 Å². The zero-order valence-corrected chi connectivity index (χ0v) is 12.3. The SMILES string of the molecule is CCCNC(c1cnnn1CCC)C1OCCC1C. The highest BCUT2D eigenvalue weighted by atomic mass is 16.5. The van der Waals surface area contributed by atoms with Crippen LogP contribution < -0.4 is 5.32 Å². The molecule has 108 valence electrons. The van der Waals surface area contributed by atoms with Crippen LogP contribution in [0.3, 0.4) is 0 Å². The van der Waals surface area contributed by atoms with Crippen molar-refractivity contribution in [2.24, 2.45) is 5.92 Å². The van der Waals surface area contributed by atoms with E-state index >= 15 is 0 Å². The molecule has 0 saturated carbocycles. The maximum atomic E-state index is 5.95. The summed E-state index contributed by atoms with van der Waals surface area (Å²) in [6.45, 7) is 9.40. The lowest BCUT2D eigenvalue weighted by molar-refractivity contribution is 0.0579. The third kappa shape index (κ3) is 3.34. The fourth-order valence-electron chi connectivity index (χ4n) is 2.72. The van der Waals surface area contributed by atoms with E-state index in [-0.39, 0.29) is 12.1 Å². The summed E-state index contributed by atoms with van der Waals surface area (Å²) in [4.78, 5) is 0. The van der Waals surface area contributed by atoms with E-state index in [0.717, 1.165) is 44.7 Å². The zero-order valence-electron chi connectivity index (χ0n) is 12.3. The first-order valence-corrected chi connectivity index (χ1v) is 7.51. The van der Waals surface area contributed by atoms with Crippen LogP contribution in [0.15, 0.2) is 6.20 Å². The molecule has 0 aromatic carbocycles. The lowest BCUT2D eigenvalue weighted by Gasteiger charge is -2.27. The Morgan fingerprint density at radius 1 is 1.47 bits per heavy atom. The van der Waals surface area contributed by atoms with Crippen molar-refractivity contribution in [3.8, 4) is 0 Å². The molecular weight excluding hydrogens is 240 g/mol. The Morgan fingerprint density at radius 3 is 2.95 bits per heavy atom. The third-order valence-corrected chi connectivity index (χ3v) is 3.79. The van der Waals surface area contributed by atoms with E-state index in [1.807, 2.05) is 10.9 Å². The highest BCUT2D eigenvalue weighted by molar-refractivity contribution is 5.07. The molecule has 0 aliphatic carbocycles. The number of hydrogen-bond donors (Lipinski definition) is 1. The standard InChI is InChI=1S/C14H26N4O/c1-4-7-15-13(14-11(3)6-9-19-14)12-10-16-17-18(12)8-5-2/h10-11,13-15H,4-9H2,1-3H3. The van der Waals surface area contributed by atoms with Crippen molar-refractivity contribution in [2.75, 3.05) is 13.2 Å². The third-order valence-electron chi connectivity index (χ3n) is 3.79. The minimum Gasteiger partial charge on any atom is -0.376 e. The Morgan fingerprint density at radius 2 is 2.32 bits per heavy atom. The van der Waals surface area contributed by atoms with Gasteiger partial charge in [-0.25, -0.2) is 4.68 Å². The van der Waals surface area contributed by atoms with Gasteiger partial charge in [0, 0.05) is 13.2 Å². The highest BCUT2D eigenvalue weighted by Crippen LogP contribution is 2.31. The number of nitrogens with zero attached hydrogens (tertiary/aromatic N) is 3. The molecule has 3 atom stereocenters. The molecule has 1 aliphatic heterocycles. The Kier molecular flexibility index (Phi) is 5.34. The van der Waals surface area contributed by atoms with Crippen molar-refractivity contribution in [3.05, 3.63) is 11.9 Å². The van der Waals surface area contributed by atoms with Gasteiger partial charge < -0.3 is 10.1 Å². The van der Waals surface area contributed by atoms with Gasteiger partial charge in [-0.3, -0.25) is 0 Å². The Balaban J connectivity index is 2.18. The number of rotatable bonds is 7. The molecule has 19 heavy (non-hydrogen) atoms. The van der Waals surface area contributed by atoms with E-state index in [2.05, 4.69) is 36.4 Å². The van der Waals surface area contributed by atoms with E-state index in [1.165, 1.54) is 0 Å². The van der Waals surface area contributed by atoms with Gasteiger partial charge in [0.1, 0.15) is 0 Å². The molecule has 1 saturated heterocycles. The summed E-state index contributed by atoms with van der Waals surface area (Å²) >= 11 is 0. The van der Waals surface area contributed by atoms with E-state index in [4.69, 9.17) is 4.74 Å². The summed E-state index contributed by atoms with van der Waals surface area (Å²) in [5.74, 6) is 0.583. The molecular formula is C14H26N4O. The topological polar surface area (TPSA) is 52.0 Å². The Bertz CT molecular complexity index is 379. The van der Waals surface area contributed by atoms with Gasteiger partial charge in [0.15, 0.2) is 0 Å². The van der Waals surface area contributed by atoms with Gasteiger partial charge in [0.05, 0.1) is 24.0 Å². The molecule has 5 nitrogen and oxygen atoms in total. The summed E-state index contributed by atoms with van der Waals surface area (Å²) in [6, 6.07) is 0.207. The minimum atomic E-state index is 0.207. The van der Waals surface area contributed by atoms with Crippen LogP contribution in [0.1, 0.15) is 51.8 Å². The average Bonchev–Trinajstić information content (AvgIpc) is 3.01. The lowest BCUT2D eigenvalue weighted by atomic mass is 9.95. The smallest absolute Gasteiger partial charge is 0.0811 e. The van der Waals surface area contributed by atoms with Gasteiger partial charge in [0.2, 0.25) is 0 Å². The van der Waals surface area contributed by atoms with E-state index in [0.29, 0.717) is 5.92 Å². The fourth-order valence-corrected chi connectivity index (χ4v) is 2.72. The molecule has 5 heteroatoms.